The summed E-state index contributed by atoms with van der Waals surface area (Å²) >= 11 is 0. The summed E-state index contributed by atoms with van der Waals surface area (Å²) < 4.78 is 0. The molecule has 0 saturated carbocycles. The number of benzene rings is 1. The van der Waals surface area contributed by atoms with Gasteiger partial charge in [0.05, 0.1) is 0 Å². The Morgan fingerprint density at radius 2 is 1.54 bits per heavy atom. The van der Waals surface area contributed by atoms with Gasteiger partial charge in [-0.1, -0.05) is 6.07 Å². The van der Waals surface area contributed by atoms with E-state index >= 15 is 0 Å². The Balaban J connectivity index is 1.57. The van der Waals surface area contributed by atoms with Gasteiger partial charge in [-0.25, -0.2) is 0 Å². The molecule has 4 heteroatoms. The van der Waals surface area contributed by atoms with Crippen LogP contribution in [0.4, 0.5) is 0 Å². The highest BCUT2D eigenvalue weighted by molar-refractivity contribution is 5.94. The molecule has 1 aromatic carbocycles. The molecule has 0 aliphatic carbocycles. The summed E-state index contributed by atoms with van der Waals surface area (Å²) in [7, 11) is 0. The standard InChI is InChI=1S/C20H28N2O2/c1-15-6-7-18(14-16(15)2)20(24)22-12-8-17(9-13-22)19(23)21-10-4-3-5-11-21/h6-7,14,17H,3-5,8-13H2,1-2H3. The third kappa shape index (κ3) is 3.63. The molecule has 0 N–H and O–H groups in total. The second-order valence-corrected chi connectivity index (χ2v) is 7.25. The van der Waals surface area contributed by atoms with Crippen molar-refractivity contribution in [3.8, 4) is 0 Å². The Labute approximate surface area is 144 Å². The van der Waals surface area contributed by atoms with Crippen LogP contribution in [-0.4, -0.2) is 47.8 Å². The molecular formula is C20H28N2O2. The van der Waals surface area contributed by atoms with Crippen LogP contribution in [0.15, 0.2) is 18.2 Å². The molecule has 2 amide bonds. The molecule has 24 heavy (non-hydrogen) atoms. The number of nitrogens with zero attached hydrogens (tertiary/aromatic N) is 2. The summed E-state index contributed by atoms with van der Waals surface area (Å²) in [4.78, 5) is 29.2. The summed E-state index contributed by atoms with van der Waals surface area (Å²) in [6, 6.07) is 5.90. The second kappa shape index (κ2) is 7.37. The van der Waals surface area contributed by atoms with Crippen LogP contribution in [0.1, 0.15) is 53.6 Å². The average molecular weight is 328 g/mol. The van der Waals surface area contributed by atoms with Gasteiger partial charge < -0.3 is 9.80 Å². The normalized spacial score (nSPS) is 19.4. The molecule has 4 nitrogen and oxygen atoms in total. The Kier molecular flexibility index (Phi) is 5.22. The molecular weight excluding hydrogens is 300 g/mol. The second-order valence-electron chi connectivity index (χ2n) is 7.25. The maximum atomic E-state index is 12.7. The van der Waals surface area contributed by atoms with Gasteiger partial charge in [-0.2, -0.15) is 0 Å². The van der Waals surface area contributed by atoms with E-state index in [0.717, 1.165) is 49.9 Å². The SMILES string of the molecule is Cc1ccc(C(=O)N2CCC(C(=O)N3CCCCC3)CC2)cc1C. The van der Waals surface area contributed by atoms with Crippen LogP contribution in [0.3, 0.4) is 0 Å². The maximum absolute atomic E-state index is 12.7. The van der Waals surface area contributed by atoms with Crippen molar-refractivity contribution in [3.05, 3.63) is 34.9 Å². The van der Waals surface area contributed by atoms with Crippen molar-refractivity contribution in [1.29, 1.82) is 0 Å². The van der Waals surface area contributed by atoms with Crippen LogP contribution in [0.2, 0.25) is 0 Å². The van der Waals surface area contributed by atoms with Gasteiger partial charge in [-0.3, -0.25) is 9.59 Å². The van der Waals surface area contributed by atoms with Gasteiger partial charge in [0.1, 0.15) is 0 Å². The molecule has 2 aliphatic heterocycles. The number of carbonyl (C=O) groups is 2. The van der Waals surface area contributed by atoms with Crippen LogP contribution >= 0.6 is 0 Å². The minimum atomic E-state index is 0.0990. The summed E-state index contributed by atoms with van der Waals surface area (Å²) in [5, 5.41) is 0. The number of hydrogen-bond donors (Lipinski definition) is 0. The highest BCUT2D eigenvalue weighted by Crippen LogP contribution is 2.23. The summed E-state index contributed by atoms with van der Waals surface area (Å²) in [5.74, 6) is 0.516. The quantitative estimate of drug-likeness (QED) is 0.837. The molecule has 0 bridgehead atoms. The minimum Gasteiger partial charge on any atom is -0.342 e. The number of rotatable bonds is 2. The lowest BCUT2D eigenvalue weighted by Gasteiger charge is -2.35. The maximum Gasteiger partial charge on any atom is 0.253 e. The van der Waals surface area contributed by atoms with Crippen LogP contribution < -0.4 is 0 Å². The molecule has 2 saturated heterocycles. The van der Waals surface area contributed by atoms with Crippen molar-refractivity contribution < 1.29 is 9.59 Å². The first kappa shape index (κ1) is 17.0. The third-order valence-electron chi connectivity index (χ3n) is 5.55. The predicted octanol–water partition coefficient (Wildman–Crippen LogP) is 3.17. The zero-order chi connectivity index (χ0) is 17.1. The van der Waals surface area contributed by atoms with Crippen molar-refractivity contribution in [3.63, 3.8) is 0 Å². The summed E-state index contributed by atoms with van der Waals surface area (Å²) in [5.41, 5.74) is 3.12. The van der Waals surface area contributed by atoms with Crippen LogP contribution in [0.5, 0.6) is 0 Å². The fourth-order valence-corrected chi connectivity index (χ4v) is 3.76. The molecule has 0 spiro atoms. The zero-order valence-corrected chi connectivity index (χ0v) is 14.9. The molecule has 0 aromatic heterocycles. The first-order valence-corrected chi connectivity index (χ1v) is 9.21. The summed E-state index contributed by atoms with van der Waals surface area (Å²) in [6.45, 7) is 7.31. The number of piperidine rings is 2. The Morgan fingerprint density at radius 1 is 0.875 bits per heavy atom. The molecule has 0 atom stereocenters. The fraction of sp³-hybridized carbons (Fsp3) is 0.600. The Morgan fingerprint density at radius 3 is 2.17 bits per heavy atom. The van der Waals surface area contributed by atoms with E-state index in [4.69, 9.17) is 0 Å². The Bertz CT molecular complexity index is 612. The lowest BCUT2D eigenvalue weighted by molar-refractivity contribution is -0.137. The third-order valence-corrected chi connectivity index (χ3v) is 5.55. The van der Waals surface area contributed by atoms with Gasteiger partial charge >= 0.3 is 0 Å². The highest BCUT2D eigenvalue weighted by atomic mass is 16.2. The van der Waals surface area contributed by atoms with Crippen molar-refractivity contribution >= 4 is 11.8 Å². The van der Waals surface area contributed by atoms with E-state index in [0.29, 0.717) is 19.0 Å². The topological polar surface area (TPSA) is 40.6 Å². The smallest absolute Gasteiger partial charge is 0.253 e. The average Bonchev–Trinajstić information content (AvgIpc) is 2.63. The van der Waals surface area contributed by atoms with Crippen LogP contribution in [0.25, 0.3) is 0 Å². The van der Waals surface area contributed by atoms with Crippen LogP contribution in [-0.2, 0) is 4.79 Å². The van der Waals surface area contributed by atoms with E-state index in [9.17, 15) is 9.59 Å². The molecule has 2 fully saturated rings. The van der Waals surface area contributed by atoms with E-state index in [2.05, 4.69) is 6.92 Å². The monoisotopic (exact) mass is 328 g/mol. The molecule has 0 radical (unpaired) electrons. The van der Waals surface area contributed by atoms with E-state index in [1.54, 1.807) is 0 Å². The van der Waals surface area contributed by atoms with E-state index < -0.39 is 0 Å². The molecule has 1 aromatic rings. The largest absolute Gasteiger partial charge is 0.342 e. The Hall–Kier alpha value is -1.84. The first-order valence-electron chi connectivity index (χ1n) is 9.21. The van der Waals surface area contributed by atoms with Crippen molar-refractivity contribution in [2.75, 3.05) is 26.2 Å². The van der Waals surface area contributed by atoms with Gasteiger partial charge in [0.15, 0.2) is 0 Å². The summed E-state index contributed by atoms with van der Waals surface area (Å²) in [6.07, 6.45) is 5.11. The van der Waals surface area contributed by atoms with E-state index in [-0.39, 0.29) is 11.8 Å². The number of amides is 2. The number of likely N-dealkylation sites (tertiary alicyclic amines) is 2. The molecule has 130 valence electrons. The molecule has 2 heterocycles. The highest BCUT2D eigenvalue weighted by Gasteiger charge is 2.31. The van der Waals surface area contributed by atoms with Gasteiger partial charge in [0.2, 0.25) is 5.91 Å². The van der Waals surface area contributed by atoms with Crippen molar-refractivity contribution in [2.45, 2.75) is 46.0 Å². The minimum absolute atomic E-state index is 0.0990. The number of carbonyl (C=O) groups excluding carboxylic acids is 2. The molecule has 3 rings (SSSR count). The van der Waals surface area contributed by atoms with Gasteiger partial charge in [0.25, 0.3) is 5.91 Å². The fourth-order valence-electron chi connectivity index (χ4n) is 3.76. The van der Waals surface area contributed by atoms with Gasteiger partial charge in [-0.05, 0) is 69.2 Å². The van der Waals surface area contributed by atoms with Crippen molar-refractivity contribution in [2.24, 2.45) is 5.92 Å². The molecule has 2 aliphatic rings. The lowest BCUT2D eigenvalue weighted by Crippen LogP contribution is -2.45. The van der Waals surface area contributed by atoms with Crippen LogP contribution in [0, 0.1) is 19.8 Å². The number of aryl methyl sites for hydroxylation is 2. The number of hydrogen-bond acceptors (Lipinski definition) is 2. The van der Waals surface area contributed by atoms with Crippen molar-refractivity contribution in [1.82, 2.24) is 9.80 Å². The first-order chi connectivity index (χ1) is 11.6. The molecule has 0 unspecified atom stereocenters. The van der Waals surface area contributed by atoms with E-state index in [1.165, 1.54) is 12.0 Å². The van der Waals surface area contributed by atoms with E-state index in [1.807, 2.05) is 34.9 Å². The zero-order valence-electron chi connectivity index (χ0n) is 14.9. The predicted molar refractivity (Wildman–Crippen MR) is 95.0 cm³/mol. The van der Waals surface area contributed by atoms with Gasteiger partial charge in [-0.15, -0.1) is 0 Å². The lowest BCUT2D eigenvalue weighted by atomic mass is 9.93. The van der Waals surface area contributed by atoms with Gasteiger partial charge in [0, 0.05) is 37.7 Å².